The molecule has 0 saturated carbocycles. The van der Waals surface area contributed by atoms with Crippen LogP contribution in [0.25, 0.3) is 11.3 Å². The monoisotopic (exact) mass is 384 g/mol. The topological polar surface area (TPSA) is 92.4 Å². The molecule has 0 fully saturated rings. The number of aliphatic carboxylic acids is 1. The molecule has 25 heavy (non-hydrogen) atoms. The van der Waals surface area contributed by atoms with Gasteiger partial charge in [0.25, 0.3) is 5.91 Å². The van der Waals surface area contributed by atoms with Crippen LogP contribution in [0.4, 0.5) is 0 Å². The summed E-state index contributed by atoms with van der Waals surface area (Å²) in [5.74, 6) is -0.775. The molecular formula is C17H18Cl2N2O4. The maximum absolute atomic E-state index is 12.5. The minimum Gasteiger partial charge on any atom is -0.481 e. The third-order valence-electron chi connectivity index (χ3n) is 3.64. The molecule has 1 amide bonds. The maximum Gasteiger partial charge on any atom is 0.303 e. The number of carbonyl (C=O) groups is 2. The van der Waals surface area contributed by atoms with Crippen LogP contribution in [0.2, 0.25) is 10.0 Å². The first kappa shape index (κ1) is 19.3. The van der Waals surface area contributed by atoms with Crippen LogP contribution in [0.3, 0.4) is 0 Å². The molecule has 0 bridgehead atoms. The number of nitrogens with zero attached hydrogens (tertiary/aromatic N) is 1. The molecule has 0 atom stereocenters. The lowest BCUT2D eigenvalue weighted by atomic mass is 10.1. The van der Waals surface area contributed by atoms with Crippen molar-refractivity contribution in [2.24, 2.45) is 0 Å². The number of halogens is 2. The molecule has 1 aromatic carbocycles. The smallest absolute Gasteiger partial charge is 0.303 e. The average Bonchev–Trinajstić information content (AvgIpc) is 2.91. The van der Waals surface area contributed by atoms with Gasteiger partial charge in [0.05, 0.1) is 10.0 Å². The maximum atomic E-state index is 12.5. The number of amides is 1. The number of unbranched alkanes of at least 4 members (excludes halogenated alkanes) is 2. The number of rotatable bonds is 8. The number of hydrogen-bond donors (Lipinski definition) is 2. The van der Waals surface area contributed by atoms with Crippen LogP contribution in [0.1, 0.15) is 41.8 Å². The highest BCUT2D eigenvalue weighted by atomic mass is 35.5. The second-order valence-corrected chi connectivity index (χ2v) is 6.33. The first-order valence-corrected chi connectivity index (χ1v) is 8.58. The van der Waals surface area contributed by atoms with E-state index in [-0.39, 0.29) is 12.3 Å². The van der Waals surface area contributed by atoms with Crippen LogP contribution in [0.5, 0.6) is 0 Å². The Bertz CT molecular complexity index is 754. The standard InChI is InChI=1S/C17H18Cl2N2O4/c1-10-14(17(24)20-9-4-2-3-8-13(22)23)16(21-25-10)15-11(18)6-5-7-12(15)19/h5-7H,2-4,8-9H2,1H3,(H,20,24)(H,22,23). The summed E-state index contributed by atoms with van der Waals surface area (Å²) >= 11 is 12.4. The molecule has 1 heterocycles. The Kier molecular flexibility index (Phi) is 6.84. The molecule has 0 aliphatic carbocycles. The Morgan fingerprint density at radius 3 is 2.52 bits per heavy atom. The van der Waals surface area contributed by atoms with Crippen molar-refractivity contribution in [2.45, 2.75) is 32.6 Å². The quantitative estimate of drug-likeness (QED) is 0.660. The van der Waals surface area contributed by atoms with Gasteiger partial charge < -0.3 is 14.9 Å². The number of hydrogen-bond acceptors (Lipinski definition) is 4. The summed E-state index contributed by atoms with van der Waals surface area (Å²) in [5, 5.41) is 16.1. The van der Waals surface area contributed by atoms with Gasteiger partial charge in [-0.05, 0) is 31.9 Å². The van der Waals surface area contributed by atoms with Crippen molar-refractivity contribution < 1.29 is 19.2 Å². The Balaban J connectivity index is 2.06. The van der Waals surface area contributed by atoms with Gasteiger partial charge in [-0.3, -0.25) is 9.59 Å². The zero-order valence-electron chi connectivity index (χ0n) is 13.6. The van der Waals surface area contributed by atoms with Gasteiger partial charge in [0.2, 0.25) is 0 Å². The Labute approximate surface area is 155 Å². The van der Waals surface area contributed by atoms with Crippen LogP contribution < -0.4 is 5.32 Å². The zero-order chi connectivity index (χ0) is 18.4. The number of aromatic nitrogens is 1. The number of carbonyl (C=O) groups excluding carboxylic acids is 1. The van der Waals surface area contributed by atoms with Gasteiger partial charge in [0.15, 0.2) is 0 Å². The van der Waals surface area contributed by atoms with Gasteiger partial charge in [0, 0.05) is 18.5 Å². The van der Waals surface area contributed by atoms with E-state index in [1.807, 2.05) is 0 Å². The average molecular weight is 385 g/mol. The summed E-state index contributed by atoms with van der Waals surface area (Å²) in [7, 11) is 0. The normalized spacial score (nSPS) is 10.7. The molecule has 134 valence electrons. The van der Waals surface area contributed by atoms with Gasteiger partial charge in [-0.1, -0.05) is 40.8 Å². The molecule has 0 aliphatic rings. The lowest BCUT2D eigenvalue weighted by Crippen LogP contribution is -2.25. The van der Waals surface area contributed by atoms with E-state index in [1.54, 1.807) is 25.1 Å². The Morgan fingerprint density at radius 1 is 1.20 bits per heavy atom. The number of benzene rings is 1. The highest BCUT2D eigenvalue weighted by Crippen LogP contribution is 2.36. The SMILES string of the molecule is Cc1onc(-c2c(Cl)cccc2Cl)c1C(=O)NCCCCCC(=O)O. The summed E-state index contributed by atoms with van der Waals surface area (Å²) in [5.41, 5.74) is 1.05. The summed E-state index contributed by atoms with van der Waals surface area (Å²) in [6.07, 6.45) is 2.12. The van der Waals surface area contributed by atoms with Crippen molar-refractivity contribution in [2.75, 3.05) is 6.54 Å². The summed E-state index contributed by atoms with van der Waals surface area (Å²) in [4.78, 5) is 22.9. The fourth-order valence-electron chi connectivity index (χ4n) is 2.40. The minimum atomic E-state index is -0.814. The molecule has 0 spiro atoms. The van der Waals surface area contributed by atoms with Gasteiger partial charge in [0.1, 0.15) is 17.0 Å². The van der Waals surface area contributed by atoms with Crippen molar-refractivity contribution in [1.82, 2.24) is 10.5 Å². The highest BCUT2D eigenvalue weighted by Gasteiger charge is 2.24. The van der Waals surface area contributed by atoms with E-state index in [0.29, 0.717) is 52.0 Å². The van der Waals surface area contributed by atoms with Crippen molar-refractivity contribution in [3.63, 3.8) is 0 Å². The molecule has 0 unspecified atom stereocenters. The van der Waals surface area contributed by atoms with Crippen LogP contribution >= 0.6 is 23.2 Å². The number of carboxylic acids is 1. The summed E-state index contributed by atoms with van der Waals surface area (Å²) < 4.78 is 5.16. The number of carboxylic acid groups (broad SMARTS) is 1. The molecule has 0 saturated heterocycles. The van der Waals surface area contributed by atoms with Gasteiger partial charge >= 0.3 is 5.97 Å². The molecule has 2 N–H and O–H groups in total. The number of aryl methyl sites for hydroxylation is 1. The lowest BCUT2D eigenvalue weighted by Gasteiger charge is -2.08. The molecule has 1 aromatic heterocycles. The van der Waals surface area contributed by atoms with E-state index in [4.69, 9.17) is 32.8 Å². The zero-order valence-corrected chi connectivity index (χ0v) is 15.2. The van der Waals surface area contributed by atoms with E-state index in [9.17, 15) is 9.59 Å². The van der Waals surface area contributed by atoms with E-state index in [1.165, 1.54) is 0 Å². The molecule has 8 heteroatoms. The van der Waals surface area contributed by atoms with Gasteiger partial charge in [-0.2, -0.15) is 0 Å². The Morgan fingerprint density at radius 2 is 1.88 bits per heavy atom. The molecule has 0 radical (unpaired) electrons. The molecule has 2 aromatic rings. The third-order valence-corrected chi connectivity index (χ3v) is 4.27. The third kappa shape index (κ3) is 4.96. The van der Waals surface area contributed by atoms with Gasteiger partial charge in [-0.25, -0.2) is 0 Å². The number of nitrogens with one attached hydrogen (secondary N) is 1. The largest absolute Gasteiger partial charge is 0.481 e. The van der Waals surface area contributed by atoms with Crippen LogP contribution in [-0.2, 0) is 4.79 Å². The fourth-order valence-corrected chi connectivity index (χ4v) is 2.98. The molecule has 6 nitrogen and oxygen atoms in total. The Hall–Kier alpha value is -2.05. The van der Waals surface area contributed by atoms with Crippen LogP contribution in [-0.4, -0.2) is 28.7 Å². The second kappa shape index (κ2) is 8.87. The van der Waals surface area contributed by atoms with Crippen LogP contribution in [0.15, 0.2) is 22.7 Å². The highest BCUT2D eigenvalue weighted by molar-refractivity contribution is 6.39. The molecule has 2 rings (SSSR count). The van der Waals surface area contributed by atoms with E-state index in [0.717, 1.165) is 6.42 Å². The fraction of sp³-hybridized carbons (Fsp3) is 0.353. The van der Waals surface area contributed by atoms with E-state index < -0.39 is 5.97 Å². The predicted molar refractivity (Wildman–Crippen MR) is 95.1 cm³/mol. The summed E-state index contributed by atoms with van der Waals surface area (Å²) in [6, 6.07) is 5.03. The molecular weight excluding hydrogens is 367 g/mol. The minimum absolute atomic E-state index is 0.133. The predicted octanol–water partition coefficient (Wildman–Crippen LogP) is 4.33. The summed E-state index contributed by atoms with van der Waals surface area (Å²) in [6.45, 7) is 2.07. The molecule has 0 aliphatic heterocycles. The van der Waals surface area contributed by atoms with Crippen molar-refractivity contribution in [3.05, 3.63) is 39.6 Å². The van der Waals surface area contributed by atoms with Crippen molar-refractivity contribution in [1.29, 1.82) is 0 Å². The first-order chi connectivity index (χ1) is 11.9. The van der Waals surface area contributed by atoms with Crippen molar-refractivity contribution >= 4 is 35.1 Å². The second-order valence-electron chi connectivity index (χ2n) is 5.52. The first-order valence-electron chi connectivity index (χ1n) is 7.82. The lowest BCUT2D eigenvalue weighted by molar-refractivity contribution is -0.137. The van der Waals surface area contributed by atoms with E-state index >= 15 is 0 Å². The van der Waals surface area contributed by atoms with E-state index in [2.05, 4.69) is 10.5 Å². The van der Waals surface area contributed by atoms with Gasteiger partial charge in [-0.15, -0.1) is 0 Å². The van der Waals surface area contributed by atoms with Crippen molar-refractivity contribution in [3.8, 4) is 11.3 Å². The van der Waals surface area contributed by atoms with Crippen LogP contribution in [0, 0.1) is 6.92 Å².